The Kier molecular flexibility index (Phi) is 4.82. The van der Waals surface area contributed by atoms with Crippen molar-refractivity contribution in [2.24, 2.45) is 5.92 Å². The Morgan fingerprint density at radius 3 is 2.70 bits per heavy atom. The maximum absolute atomic E-state index is 11.7. The molecule has 23 heavy (non-hydrogen) atoms. The number of ether oxygens (including phenoxy) is 2. The van der Waals surface area contributed by atoms with E-state index in [4.69, 9.17) is 9.47 Å². The molecule has 3 rings (SSSR count). The molecule has 5 nitrogen and oxygen atoms in total. The zero-order chi connectivity index (χ0) is 16.4. The molecule has 2 saturated heterocycles. The van der Waals surface area contributed by atoms with Crippen LogP contribution in [0.2, 0.25) is 0 Å². The van der Waals surface area contributed by atoms with Crippen LogP contribution in [-0.2, 0) is 9.84 Å². The molecule has 2 fully saturated rings. The summed E-state index contributed by atoms with van der Waals surface area (Å²) in [7, 11) is 0.543. The average molecular weight is 339 g/mol. The minimum atomic E-state index is -2.81. The first kappa shape index (κ1) is 16.6. The van der Waals surface area contributed by atoms with Crippen molar-refractivity contribution in [3.63, 3.8) is 0 Å². The Bertz CT molecular complexity index is 659. The van der Waals surface area contributed by atoms with Crippen LogP contribution in [0.5, 0.6) is 11.5 Å². The summed E-state index contributed by atoms with van der Waals surface area (Å²) in [6.07, 6.45) is 2.99. The fraction of sp³-hybridized carbons (Fsp3) is 0.647. The predicted octanol–water partition coefficient (Wildman–Crippen LogP) is 2.28. The summed E-state index contributed by atoms with van der Waals surface area (Å²) in [6.45, 7) is 1.87. The second-order valence-corrected chi connectivity index (χ2v) is 8.76. The van der Waals surface area contributed by atoms with E-state index in [1.54, 1.807) is 14.2 Å². The molecule has 1 aromatic carbocycles. The number of sulfone groups is 1. The molecule has 0 saturated carbocycles. The van der Waals surface area contributed by atoms with Gasteiger partial charge in [0.25, 0.3) is 0 Å². The zero-order valence-electron chi connectivity index (χ0n) is 13.8. The molecule has 0 bridgehead atoms. The highest BCUT2D eigenvalue weighted by atomic mass is 32.2. The lowest BCUT2D eigenvalue weighted by Crippen LogP contribution is -2.30. The van der Waals surface area contributed by atoms with Gasteiger partial charge in [0.15, 0.2) is 9.84 Å². The molecule has 0 aliphatic carbocycles. The van der Waals surface area contributed by atoms with Gasteiger partial charge in [-0.1, -0.05) is 0 Å². The third-order valence-corrected chi connectivity index (χ3v) is 6.82. The van der Waals surface area contributed by atoms with Gasteiger partial charge >= 0.3 is 0 Å². The van der Waals surface area contributed by atoms with Crippen LogP contribution in [0.4, 0.5) is 0 Å². The van der Waals surface area contributed by atoms with E-state index in [1.807, 2.05) is 18.2 Å². The molecular weight excluding hydrogens is 314 g/mol. The van der Waals surface area contributed by atoms with Gasteiger partial charge in [-0.15, -0.1) is 0 Å². The Morgan fingerprint density at radius 1 is 1.22 bits per heavy atom. The van der Waals surface area contributed by atoms with Gasteiger partial charge in [0, 0.05) is 18.2 Å². The highest BCUT2D eigenvalue weighted by molar-refractivity contribution is 7.91. The SMILES string of the molecule is COc1ccc(OC)c(C2CCCN2CC2CCS(=O)(=O)C2)c1. The van der Waals surface area contributed by atoms with Crippen molar-refractivity contribution in [1.29, 1.82) is 0 Å². The number of hydrogen-bond donors (Lipinski definition) is 0. The van der Waals surface area contributed by atoms with Crippen molar-refractivity contribution >= 4 is 9.84 Å². The lowest BCUT2D eigenvalue weighted by Gasteiger charge is -2.28. The summed E-state index contributed by atoms with van der Waals surface area (Å²) in [6, 6.07) is 6.19. The average Bonchev–Trinajstić information content (AvgIpc) is 3.13. The Balaban J connectivity index is 1.79. The molecule has 0 radical (unpaired) electrons. The van der Waals surface area contributed by atoms with E-state index in [9.17, 15) is 8.42 Å². The van der Waals surface area contributed by atoms with E-state index in [0.29, 0.717) is 11.5 Å². The Labute approximate surface area is 138 Å². The highest BCUT2D eigenvalue weighted by Gasteiger charge is 2.34. The van der Waals surface area contributed by atoms with Crippen molar-refractivity contribution in [3.05, 3.63) is 23.8 Å². The Hall–Kier alpha value is -1.27. The monoisotopic (exact) mass is 339 g/mol. The van der Waals surface area contributed by atoms with Gasteiger partial charge in [0.05, 0.1) is 25.7 Å². The molecule has 0 N–H and O–H groups in total. The van der Waals surface area contributed by atoms with Crippen LogP contribution in [0.15, 0.2) is 18.2 Å². The summed E-state index contributed by atoms with van der Waals surface area (Å²) in [5, 5.41) is 0. The number of likely N-dealkylation sites (tertiary alicyclic amines) is 1. The molecule has 2 aliphatic heterocycles. The predicted molar refractivity (Wildman–Crippen MR) is 89.9 cm³/mol. The van der Waals surface area contributed by atoms with Crippen molar-refractivity contribution < 1.29 is 17.9 Å². The molecule has 0 amide bonds. The van der Waals surface area contributed by atoms with Crippen molar-refractivity contribution in [2.45, 2.75) is 25.3 Å². The first-order valence-electron chi connectivity index (χ1n) is 8.19. The molecule has 2 atom stereocenters. The molecule has 1 aromatic rings. The molecule has 6 heteroatoms. The van der Waals surface area contributed by atoms with Crippen LogP contribution >= 0.6 is 0 Å². The minimum Gasteiger partial charge on any atom is -0.497 e. The zero-order valence-corrected chi connectivity index (χ0v) is 14.6. The van der Waals surface area contributed by atoms with E-state index in [2.05, 4.69) is 4.90 Å². The van der Waals surface area contributed by atoms with Gasteiger partial charge in [-0.05, 0) is 49.9 Å². The standard InChI is InChI=1S/C17H25NO4S/c1-21-14-5-6-17(22-2)15(10-14)16-4-3-8-18(16)11-13-7-9-23(19,20)12-13/h5-6,10,13,16H,3-4,7-9,11-12H2,1-2H3. The fourth-order valence-electron chi connectivity index (χ4n) is 3.84. The Morgan fingerprint density at radius 2 is 2.04 bits per heavy atom. The van der Waals surface area contributed by atoms with Gasteiger partial charge in [-0.2, -0.15) is 0 Å². The van der Waals surface area contributed by atoms with Crippen molar-refractivity contribution in [1.82, 2.24) is 4.90 Å². The minimum absolute atomic E-state index is 0.261. The maximum Gasteiger partial charge on any atom is 0.150 e. The smallest absolute Gasteiger partial charge is 0.150 e. The van der Waals surface area contributed by atoms with Crippen LogP contribution in [0, 0.1) is 5.92 Å². The lowest BCUT2D eigenvalue weighted by molar-refractivity contribution is 0.220. The molecule has 128 valence electrons. The first-order valence-corrected chi connectivity index (χ1v) is 10.0. The van der Waals surface area contributed by atoms with E-state index < -0.39 is 9.84 Å². The largest absolute Gasteiger partial charge is 0.497 e. The van der Waals surface area contributed by atoms with Crippen molar-refractivity contribution in [2.75, 3.05) is 38.8 Å². The van der Waals surface area contributed by atoms with Crippen LogP contribution in [-0.4, -0.2) is 52.1 Å². The van der Waals surface area contributed by atoms with Crippen LogP contribution in [0.25, 0.3) is 0 Å². The molecular formula is C17H25NO4S. The van der Waals surface area contributed by atoms with Gasteiger partial charge in [0.2, 0.25) is 0 Å². The topological polar surface area (TPSA) is 55.8 Å². The number of hydrogen-bond acceptors (Lipinski definition) is 5. The number of nitrogens with zero attached hydrogens (tertiary/aromatic N) is 1. The van der Waals surface area contributed by atoms with Gasteiger partial charge in [-0.25, -0.2) is 8.42 Å². The normalized spacial score (nSPS) is 27.2. The molecule has 2 heterocycles. The van der Waals surface area contributed by atoms with Crippen LogP contribution in [0.1, 0.15) is 30.9 Å². The molecule has 0 aromatic heterocycles. The third kappa shape index (κ3) is 3.63. The quantitative estimate of drug-likeness (QED) is 0.824. The fourth-order valence-corrected chi connectivity index (χ4v) is 5.69. The second kappa shape index (κ2) is 6.69. The van der Waals surface area contributed by atoms with Gasteiger partial charge < -0.3 is 9.47 Å². The summed E-state index contributed by atoms with van der Waals surface area (Å²) in [5.74, 6) is 2.65. The van der Waals surface area contributed by atoms with Crippen LogP contribution in [0.3, 0.4) is 0 Å². The van der Waals surface area contributed by atoms with E-state index >= 15 is 0 Å². The maximum atomic E-state index is 11.7. The lowest BCUT2D eigenvalue weighted by atomic mass is 10.0. The van der Waals surface area contributed by atoms with Crippen LogP contribution < -0.4 is 9.47 Å². The molecule has 0 spiro atoms. The number of rotatable bonds is 5. The van der Waals surface area contributed by atoms with E-state index in [1.165, 1.54) is 0 Å². The summed E-state index contributed by atoms with van der Waals surface area (Å²) in [5.41, 5.74) is 1.14. The van der Waals surface area contributed by atoms with Gasteiger partial charge in [-0.3, -0.25) is 4.90 Å². The van der Waals surface area contributed by atoms with Crippen molar-refractivity contribution in [3.8, 4) is 11.5 Å². The van der Waals surface area contributed by atoms with E-state index in [0.717, 1.165) is 49.4 Å². The summed E-state index contributed by atoms with van der Waals surface area (Å²) >= 11 is 0. The van der Waals surface area contributed by atoms with E-state index in [-0.39, 0.29) is 12.0 Å². The number of benzene rings is 1. The van der Waals surface area contributed by atoms with Gasteiger partial charge in [0.1, 0.15) is 11.5 Å². The summed E-state index contributed by atoms with van der Waals surface area (Å²) in [4.78, 5) is 2.42. The third-order valence-electron chi connectivity index (χ3n) is 4.98. The molecule has 2 unspecified atom stereocenters. The number of methoxy groups -OCH3 is 2. The summed E-state index contributed by atoms with van der Waals surface area (Å²) < 4.78 is 34.3. The molecule has 2 aliphatic rings. The highest BCUT2D eigenvalue weighted by Crippen LogP contribution is 2.39. The first-order chi connectivity index (χ1) is 11.0. The second-order valence-electron chi connectivity index (χ2n) is 6.53.